The van der Waals surface area contributed by atoms with E-state index in [1.807, 2.05) is 23.1 Å². The second-order valence-corrected chi connectivity index (χ2v) is 9.49. The normalized spacial score (nSPS) is 25.0. The van der Waals surface area contributed by atoms with Crippen molar-refractivity contribution in [1.29, 1.82) is 0 Å². The summed E-state index contributed by atoms with van der Waals surface area (Å²) in [6.07, 6.45) is 7.61. The number of hydrogen-bond donors (Lipinski definition) is 1. The standard InChI is InChI=1S/C17H30N2S2/c1-11(18-13-7-9-14(20-6)10-8-13)15-12(2)19-16(21-15)17(3,4)5/h11,13-14,18H,7-10H2,1-6H3. The molecule has 1 aliphatic rings. The molecule has 21 heavy (non-hydrogen) atoms. The molecule has 1 fully saturated rings. The monoisotopic (exact) mass is 326 g/mol. The minimum Gasteiger partial charge on any atom is -0.307 e. The molecular weight excluding hydrogens is 296 g/mol. The van der Waals surface area contributed by atoms with E-state index in [4.69, 9.17) is 4.98 Å². The summed E-state index contributed by atoms with van der Waals surface area (Å²) >= 11 is 3.93. The quantitative estimate of drug-likeness (QED) is 0.836. The van der Waals surface area contributed by atoms with E-state index < -0.39 is 0 Å². The average molecular weight is 327 g/mol. The third-order valence-electron chi connectivity index (χ3n) is 4.36. The Labute approximate surface area is 138 Å². The highest BCUT2D eigenvalue weighted by Crippen LogP contribution is 2.34. The Morgan fingerprint density at radius 3 is 2.33 bits per heavy atom. The third kappa shape index (κ3) is 4.46. The molecule has 0 amide bonds. The molecule has 1 heterocycles. The van der Waals surface area contributed by atoms with Crippen LogP contribution < -0.4 is 5.32 Å². The van der Waals surface area contributed by atoms with Crippen LogP contribution >= 0.6 is 23.1 Å². The van der Waals surface area contributed by atoms with Crippen LogP contribution in [-0.2, 0) is 5.41 Å². The molecular formula is C17H30N2S2. The number of aryl methyl sites for hydroxylation is 1. The highest BCUT2D eigenvalue weighted by atomic mass is 32.2. The molecule has 4 heteroatoms. The van der Waals surface area contributed by atoms with Crippen LogP contribution in [0, 0.1) is 6.92 Å². The molecule has 1 N–H and O–H groups in total. The Hall–Kier alpha value is -0.0600. The summed E-state index contributed by atoms with van der Waals surface area (Å²) in [5, 5.41) is 5.99. The maximum atomic E-state index is 4.80. The number of nitrogens with zero attached hydrogens (tertiary/aromatic N) is 1. The summed E-state index contributed by atoms with van der Waals surface area (Å²) in [7, 11) is 0. The van der Waals surface area contributed by atoms with Crippen molar-refractivity contribution >= 4 is 23.1 Å². The summed E-state index contributed by atoms with van der Waals surface area (Å²) in [6.45, 7) is 11.2. The first-order valence-corrected chi connectivity index (χ1v) is 10.2. The molecule has 0 radical (unpaired) electrons. The first-order valence-electron chi connectivity index (χ1n) is 8.08. The van der Waals surface area contributed by atoms with Crippen molar-refractivity contribution < 1.29 is 0 Å². The summed E-state index contributed by atoms with van der Waals surface area (Å²) in [4.78, 5) is 6.22. The van der Waals surface area contributed by atoms with Crippen LogP contribution in [0.5, 0.6) is 0 Å². The Morgan fingerprint density at radius 1 is 1.24 bits per heavy atom. The van der Waals surface area contributed by atoms with E-state index in [-0.39, 0.29) is 5.41 Å². The smallest absolute Gasteiger partial charge is 0.0985 e. The fraction of sp³-hybridized carbons (Fsp3) is 0.824. The molecule has 1 saturated carbocycles. The van der Waals surface area contributed by atoms with E-state index in [9.17, 15) is 0 Å². The van der Waals surface area contributed by atoms with Gasteiger partial charge in [-0.05, 0) is 45.8 Å². The third-order valence-corrected chi connectivity index (χ3v) is 7.26. The van der Waals surface area contributed by atoms with Crippen molar-refractivity contribution in [3.05, 3.63) is 15.6 Å². The zero-order valence-electron chi connectivity index (χ0n) is 14.3. The molecule has 0 bridgehead atoms. The van der Waals surface area contributed by atoms with Gasteiger partial charge in [0.2, 0.25) is 0 Å². The number of thiazole rings is 1. The average Bonchev–Trinajstić information content (AvgIpc) is 2.82. The lowest BCUT2D eigenvalue weighted by atomic mass is 9.94. The van der Waals surface area contributed by atoms with E-state index in [1.54, 1.807) is 0 Å². The maximum absolute atomic E-state index is 4.80. The van der Waals surface area contributed by atoms with Gasteiger partial charge in [-0.1, -0.05) is 20.8 Å². The number of rotatable bonds is 4. The molecule has 120 valence electrons. The molecule has 0 spiro atoms. The molecule has 1 aromatic rings. The van der Waals surface area contributed by atoms with Crippen LogP contribution in [0.3, 0.4) is 0 Å². The summed E-state index contributed by atoms with van der Waals surface area (Å²) < 4.78 is 0. The van der Waals surface area contributed by atoms with E-state index in [2.05, 4.69) is 46.2 Å². The molecule has 1 aromatic heterocycles. The van der Waals surface area contributed by atoms with E-state index in [0.717, 1.165) is 5.25 Å². The highest BCUT2D eigenvalue weighted by molar-refractivity contribution is 7.99. The summed E-state index contributed by atoms with van der Waals surface area (Å²) in [5.41, 5.74) is 1.37. The Balaban J connectivity index is 1.98. The molecule has 0 aliphatic heterocycles. The van der Waals surface area contributed by atoms with Crippen molar-refractivity contribution in [2.45, 2.75) is 83.1 Å². The molecule has 1 aliphatic carbocycles. The lowest BCUT2D eigenvalue weighted by molar-refractivity contribution is 0.353. The van der Waals surface area contributed by atoms with E-state index >= 15 is 0 Å². The van der Waals surface area contributed by atoms with Crippen molar-refractivity contribution in [3.63, 3.8) is 0 Å². The van der Waals surface area contributed by atoms with Crippen molar-refractivity contribution in [2.24, 2.45) is 0 Å². The minimum atomic E-state index is 0.157. The van der Waals surface area contributed by atoms with Gasteiger partial charge in [-0.25, -0.2) is 4.98 Å². The fourth-order valence-electron chi connectivity index (χ4n) is 3.03. The van der Waals surface area contributed by atoms with Gasteiger partial charge in [-0.3, -0.25) is 0 Å². The molecule has 0 aromatic carbocycles. The lowest BCUT2D eigenvalue weighted by Crippen LogP contribution is -2.35. The lowest BCUT2D eigenvalue weighted by Gasteiger charge is -2.30. The fourth-order valence-corrected chi connectivity index (χ4v) is 4.90. The second kappa shape index (κ2) is 7.01. The molecule has 1 unspecified atom stereocenters. The topological polar surface area (TPSA) is 24.9 Å². The largest absolute Gasteiger partial charge is 0.307 e. The highest BCUT2D eigenvalue weighted by Gasteiger charge is 2.25. The number of thioether (sulfide) groups is 1. The Kier molecular flexibility index (Phi) is 5.77. The van der Waals surface area contributed by atoms with Gasteiger partial charge in [0.1, 0.15) is 0 Å². The van der Waals surface area contributed by atoms with E-state index in [1.165, 1.54) is 41.3 Å². The Bertz CT molecular complexity index is 454. The Morgan fingerprint density at radius 2 is 1.86 bits per heavy atom. The number of hydrogen-bond acceptors (Lipinski definition) is 4. The number of aromatic nitrogens is 1. The molecule has 2 nitrogen and oxygen atoms in total. The van der Waals surface area contributed by atoms with E-state index in [0.29, 0.717) is 12.1 Å². The zero-order valence-corrected chi connectivity index (χ0v) is 16.0. The summed E-state index contributed by atoms with van der Waals surface area (Å²) in [6, 6.07) is 1.11. The van der Waals surface area contributed by atoms with Gasteiger partial charge in [0.15, 0.2) is 0 Å². The van der Waals surface area contributed by atoms with Gasteiger partial charge in [0.05, 0.1) is 10.7 Å². The van der Waals surface area contributed by atoms with Crippen LogP contribution in [0.1, 0.15) is 75.0 Å². The first-order chi connectivity index (χ1) is 9.81. The number of nitrogens with one attached hydrogen (secondary N) is 1. The SMILES string of the molecule is CSC1CCC(NC(C)c2sc(C(C)(C)C)nc2C)CC1. The van der Waals surface area contributed by atoms with Gasteiger partial charge in [0, 0.05) is 27.6 Å². The first kappa shape index (κ1) is 17.3. The van der Waals surface area contributed by atoms with Gasteiger partial charge in [0.25, 0.3) is 0 Å². The molecule has 1 atom stereocenters. The van der Waals surface area contributed by atoms with Crippen LogP contribution in [0.15, 0.2) is 0 Å². The molecule has 0 saturated heterocycles. The predicted octanol–water partition coefficient (Wildman–Crippen LogP) is 5.07. The zero-order chi connectivity index (χ0) is 15.6. The van der Waals surface area contributed by atoms with Crippen molar-refractivity contribution in [3.8, 4) is 0 Å². The van der Waals surface area contributed by atoms with Crippen LogP contribution in [0.4, 0.5) is 0 Å². The van der Waals surface area contributed by atoms with Gasteiger partial charge in [-0.15, -0.1) is 11.3 Å². The predicted molar refractivity (Wildman–Crippen MR) is 96.7 cm³/mol. The van der Waals surface area contributed by atoms with Crippen LogP contribution in [0.25, 0.3) is 0 Å². The van der Waals surface area contributed by atoms with Crippen LogP contribution in [0.2, 0.25) is 0 Å². The van der Waals surface area contributed by atoms with Gasteiger partial charge < -0.3 is 5.32 Å². The van der Waals surface area contributed by atoms with Crippen molar-refractivity contribution in [1.82, 2.24) is 10.3 Å². The molecule has 2 rings (SSSR count). The minimum absolute atomic E-state index is 0.157. The van der Waals surface area contributed by atoms with Gasteiger partial charge >= 0.3 is 0 Å². The second-order valence-electron chi connectivity index (χ2n) is 7.32. The maximum Gasteiger partial charge on any atom is 0.0985 e. The van der Waals surface area contributed by atoms with Gasteiger partial charge in [-0.2, -0.15) is 11.8 Å². The van der Waals surface area contributed by atoms with Crippen molar-refractivity contribution in [2.75, 3.05) is 6.26 Å². The van der Waals surface area contributed by atoms with Crippen LogP contribution in [-0.4, -0.2) is 22.5 Å². The summed E-state index contributed by atoms with van der Waals surface area (Å²) in [5.74, 6) is 0.